The number of carbonyl (C=O) groups is 2. The highest BCUT2D eigenvalue weighted by Gasteiger charge is 2.35. The zero-order valence-electron chi connectivity index (χ0n) is 20.1. The molecule has 2 rings (SSSR count). The lowest BCUT2D eigenvalue weighted by Crippen LogP contribution is -2.30. The summed E-state index contributed by atoms with van der Waals surface area (Å²) in [5, 5.41) is 10.6. The van der Waals surface area contributed by atoms with Gasteiger partial charge in [-0.25, -0.2) is 0 Å². The summed E-state index contributed by atoms with van der Waals surface area (Å²) in [6, 6.07) is 8.78. The molecule has 0 fully saturated rings. The van der Waals surface area contributed by atoms with Crippen molar-refractivity contribution in [2.45, 2.75) is 97.0 Å². The van der Waals surface area contributed by atoms with Crippen LogP contribution in [0.3, 0.4) is 0 Å². The molecule has 0 aliphatic heterocycles. The molecule has 0 heterocycles. The first-order chi connectivity index (χ1) is 15.5. The molecule has 1 aliphatic carbocycles. The van der Waals surface area contributed by atoms with Gasteiger partial charge in [-0.2, -0.15) is 0 Å². The molecule has 4 heteroatoms. The molecular weight excluding hydrogens is 400 g/mol. The van der Waals surface area contributed by atoms with Crippen LogP contribution >= 0.6 is 0 Å². The maximum absolute atomic E-state index is 12.3. The standard InChI is InChI=1S/C28H42O4/c1-3-21-32-27(31)14-10-6-9-13-25(29)28-24(19-20-26(28)30)12-8-5-4-7-11-23-17-15-22(2)16-18-23/h15-20,24-25,28-29H,3-14,21H2,1-2H3/t24-,25+,28?/m1/s1. The third-order valence-corrected chi connectivity index (χ3v) is 6.43. The number of ether oxygens (including phenoxy) is 1. The highest BCUT2D eigenvalue weighted by Crippen LogP contribution is 2.32. The van der Waals surface area contributed by atoms with E-state index >= 15 is 0 Å². The maximum Gasteiger partial charge on any atom is 0.305 e. The normalized spacial score (nSPS) is 18.8. The quantitative estimate of drug-likeness (QED) is 0.247. The van der Waals surface area contributed by atoms with E-state index in [-0.39, 0.29) is 23.6 Å². The van der Waals surface area contributed by atoms with Crippen LogP contribution in [-0.4, -0.2) is 29.6 Å². The Morgan fingerprint density at radius 3 is 2.50 bits per heavy atom. The minimum absolute atomic E-state index is 0.0741. The van der Waals surface area contributed by atoms with Crippen LogP contribution in [0.2, 0.25) is 0 Å². The highest BCUT2D eigenvalue weighted by atomic mass is 16.5. The molecule has 32 heavy (non-hydrogen) atoms. The number of unbranched alkanes of at least 4 members (excludes halogenated alkanes) is 5. The summed E-state index contributed by atoms with van der Waals surface area (Å²) in [6.45, 7) is 4.58. The molecule has 178 valence electrons. The number of rotatable bonds is 16. The van der Waals surface area contributed by atoms with E-state index in [1.165, 1.54) is 30.4 Å². The molecule has 1 aromatic rings. The molecule has 0 saturated carbocycles. The van der Waals surface area contributed by atoms with Crippen LogP contribution in [0.4, 0.5) is 0 Å². The van der Waals surface area contributed by atoms with Gasteiger partial charge < -0.3 is 9.84 Å². The number of benzene rings is 1. The van der Waals surface area contributed by atoms with E-state index in [0.717, 1.165) is 44.9 Å². The average Bonchev–Trinajstić information content (AvgIpc) is 3.15. The summed E-state index contributed by atoms with van der Waals surface area (Å²) in [6.07, 6.45) is 14.2. The highest BCUT2D eigenvalue weighted by molar-refractivity contribution is 5.95. The van der Waals surface area contributed by atoms with Gasteiger partial charge in [0.2, 0.25) is 0 Å². The van der Waals surface area contributed by atoms with E-state index in [0.29, 0.717) is 19.4 Å². The number of aryl methyl sites for hydroxylation is 2. The summed E-state index contributed by atoms with van der Waals surface area (Å²) >= 11 is 0. The number of aliphatic hydroxyl groups is 1. The van der Waals surface area contributed by atoms with Gasteiger partial charge in [0.05, 0.1) is 18.6 Å². The third kappa shape index (κ3) is 9.68. The molecule has 3 atom stereocenters. The average molecular weight is 443 g/mol. The lowest BCUT2D eigenvalue weighted by molar-refractivity contribution is -0.143. The maximum atomic E-state index is 12.3. The Morgan fingerprint density at radius 2 is 1.75 bits per heavy atom. The van der Waals surface area contributed by atoms with Gasteiger partial charge in [0.15, 0.2) is 5.78 Å². The first-order valence-corrected chi connectivity index (χ1v) is 12.6. The van der Waals surface area contributed by atoms with E-state index in [1.54, 1.807) is 6.08 Å². The summed E-state index contributed by atoms with van der Waals surface area (Å²) in [5.74, 6) is -0.179. The third-order valence-electron chi connectivity index (χ3n) is 6.43. The van der Waals surface area contributed by atoms with Gasteiger partial charge in [-0.1, -0.05) is 74.9 Å². The van der Waals surface area contributed by atoms with Crippen LogP contribution in [0.1, 0.15) is 88.7 Å². The van der Waals surface area contributed by atoms with Gasteiger partial charge in [0, 0.05) is 6.42 Å². The number of allylic oxidation sites excluding steroid dienone is 2. The number of hydrogen-bond donors (Lipinski definition) is 1. The lowest BCUT2D eigenvalue weighted by Gasteiger charge is -2.23. The Balaban J connectivity index is 1.58. The summed E-state index contributed by atoms with van der Waals surface area (Å²) in [4.78, 5) is 23.8. The van der Waals surface area contributed by atoms with Crippen LogP contribution in [-0.2, 0) is 20.7 Å². The fourth-order valence-electron chi connectivity index (χ4n) is 4.50. The zero-order chi connectivity index (χ0) is 23.2. The second kappa shape index (κ2) is 15.0. The smallest absolute Gasteiger partial charge is 0.305 e. The second-order valence-electron chi connectivity index (χ2n) is 9.28. The molecule has 0 bridgehead atoms. The molecule has 0 aromatic heterocycles. The Kier molecular flexibility index (Phi) is 12.3. The Hall–Kier alpha value is -1.94. The second-order valence-corrected chi connectivity index (χ2v) is 9.28. The molecular formula is C28H42O4. The van der Waals surface area contributed by atoms with Crippen molar-refractivity contribution in [3.05, 3.63) is 47.5 Å². The first-order valence-electron chi connectivity index (χ1n) is 12.6. The van der Waals surface area contributed by atoms with Crippen LogP contribution in [0, 0.1) is 18.8 Å². The van der Waals surface area contributed by atoms with E-state index < -0.39 is 6.10 Å². The molecule has 0 amide bonds. The van der Waals surface area contributed by atoms with Crippen LogP contribution in [0.15, 0.2) is 36.4 Å². The Bertz CT molecular complexity index is 707. The molecule has 0 radical (unpaired) electrons. The van der Waals surface area contributed by atoms with E-state index in [4.69, 9.17) is 4.74 Å². The van der Waals surface area contributed by atoms with Crippen LogP contribution < -0.4 is 0 Å². The van der Waals surface area contributed by atoms with Gasteiger partial charge in [-0.3, -0.25) is 9.59 Å². The van der Waals surface area contributed by atoms with Crippen molar-refractivity contribution in [1.82, 2.24) is 0 Å². The molecule has 1 N–H and O–H groups in total. The minimum atomic E-state index is -0.587. The number of ketones is 1. The topological polar surface area (TPSA) is 63.6 Å². The molecule has 0 spiro atoms. The number of hydrogen-bond acceptors (Lipinski definition) is 4. The monoisotopic (exact) mass is 442 g/mol. The van der Waals surface area contributed by atoms with Crippen molar-refractivity contribution >= 4 is 11.8 Å². The fourth-order valence-corrected chi connectivity index (χ4v) is 4.50. The number of aliphatic hydroxyl groups excluding tert-OH is 1. The Morgan fingerprint density at radius 1 is 1.03 bits per heavy atom. The van der Waals surface area contributed by atoms with Gasteiger partial charge in [-0.15, -0.1) is 0 Å². The SMILES string of the molecule is CCCOC(=O)CCCCC[C@H](O)C1C(=O)C=C[C@H]1CCCCCCc1ccc(C)cc1. The molecule has 0 saturated heterocycles. The largest absolute Gasteiger partial charge is 0.466 e. The van der Waals surface area contributed by atoms with Crippen LogP contribution in [0.25, 0.3) is 0 Å². The van der Waals surface area contributed by atoms with Crippen LogP contribution in [0.5, 0.6) is 0 Å². The zero-order valence-corrected chi connectivity index (χ0v) is 20.1. The lowest BCUT2D eigenvalue weighted by atomic mass is 9.83. The molecule has 1 aromatic carbocycles. The van der Waals surface area contributed by atoms with Crippen molar-refractivity contribution in [2.75, 3.05) is 6.61 Å². The fraction of sp³-hybridized carbons (Fsp3) is 0.643. The van der Waals surface area contributed by atoms with E-state index in [9.17, 15) is 14.7 Å². The van der Waals surface area contributed by atoms with Crippen molar-refractivity contribution in [3.8, 4) is 0 Å². The van der Waals surface area contributed by atoms with Crippen molar-refractivity contribution in [3.63, 3.8) is 0 Å². The molecule has 1 aliphatic rings. The van der Waals surface area contributed by atoms with Gasteiger partial charge >= 0.3 is 5.97 Å². The Labute approximate surface area is 194 Å². The van der Waals surface area contributed by atoms with Crippen molar-refractivity contribution < 1.29 is 19.4 Å². The summed E-state index contributed by atoms with van der Waals surface area (Å²) in [7, 11) is 0. The van der Waals surface area contributed by atoms with Crippen molar-refractivity contribution in [2.24, 2.45) is 11.8 Å². The van der Waals surface area contributed by atoms with Gasteiger partial charge in [0.1, 0.15) is 0 Å². The van der Waals surface area contributed by atoms with E-state index in [1.807, 2.05) is 13.0 Å². The predicted molar refractivity (Wildman–Crippen MR) is 129 cm³/mol. The minimum Gasteiger partial charge on any atom is -0.466 e. The number of esters is 1. The summed E-state index contributed by atoms with van der Waals surface area (Å²) in [5.41, 5.74) is 2.71. The predicted octanol–water partition coefficient (Wildman–Crippen LogP) is 6.12. The molecule has 4 nitrogen and oxygen atoms in total. The summed E-state index contributed by atoms with van der Waals surface area (Å²) < 4.78 is 5.08. The van der Waals surface area contributed by atoms with Gasteiger partial charge in [-0.05, 0) is 63.0 Å². The van der Waals surface area contributed by atoms with E-state index in [2.05, 4.69) is 31.2 Å². The molecule has 1 unspecified atom stereocenters. The number of carbonyl (C=O) groups excluding carboxylic acids is 2. The van der Waals surface area contributed by atoms with Crippen molar-refractivity contribution in [1.29, 1.82) is 0 Å². The first kappa shape index (κ1) is 26.3. The van der Waals surface area contributed by atoms with Gasteiger partial charge in [0.25, 0.3) is 0 Å².